The Balaban J connectivity index is 1.84. The first-order valence-electron chi connectivity index (χ1n) is 6.24. The van der Waals surface area contributed by atoms with Crippen molar-refractivity contribution in [3.05, 3.63) is 10.6 Å². The molecule has 1 aromatic heterocycles. The zero-order valence-corrected chi connectivity index (χ0v) is 11.9. The molecule has 1 aliphatic rings. The molecule has 0 saturated carbocycles. The second kappa shape index (κ2) is 5.67. The molecule has 0 unspecified atom stereocenters. The quantitative estimate of drug-likeness (QED) is 0.862. The minimum absolute atomic E-state index is 0.149. The van der Waals surface area contributed by atoms with E-state index in [4.69, 9.17) is 0 Å². The third-order valence-corrected chi connectivity index (χ3v) is 4.20. The molecule has 100 valence electrons. The van der Waals surface area contributed by atoms with Crippen molar-refractivity contribution in [2.75, 3.05) is 25.5 Å². The smallest absolute Gasteiger partial charge is 0.321 e. The lowest BCUT2D eigenvalue weighted by Gasteiger charge is -2.30. The van der Waals surface area contributed by atoms with Crippen LogP contribution in [0.15, 0.2) is 0 Å². The van der Waals surface area contributed by atoms with Crippen molar-refractivity contribution in [1.29, 1.82) is 0 Å². The van der Waals surface area contributed by atoms with E-state index in [-0.39, 0.29) is 12.1 Å². The van der Waals surface area contributed by atoms with Crippen LogP contribution in [0.1, 0.15) is 23.4 Å². The van der Waals surface area contributed by atoms with Crippen molar-refractivity contribution >= 4 is 22.5 Å². The number of hydrogen-bond donors (Lipinski definition) is 2. The van der Waals surface area contributed by atoms with Crippen molar-refractivity contribution < 1.29 is 4.79 Å². The number of nitrogens with one attached hydrogen (secondary N) is 2. The zero-order chi connectivity index (χ0) is 13.1. The predicted molar refractivity (Wildman–Crippen MR) is 74.3 cm³/mol. The molecule has 1 aliphatic heterocycles. The predicted octanol–water partition coefficient (Wildman–Crippen LogP) is 1.98. The lowest BCUT2D eigenvalue weighted by molar-refractivity contribution is 0.216. The molecule has 18 heavy (non-hydrogen) atoms. The van der Waals surface area contributed by atoms with Crippen LogP contribution in [0.4, 0.5) is 9.93 Å². The number of carbonyl (C=O) groups excluding carboxylic acids is 1. The Kier molecular flexibility index (Phi) is 4.19. The number of piperidine rings is 1. The molecule has 0 radical (unpaired) electrons. The minimum Gasteiger partial charge on any atom is -0.334 e. The number of nitrogens with zero attached hydrogens (tertiary/aromatic N) is 2. The van der Waals surface area contributed by atoms with Crippen LogP contribution in [0.2, 0.25) is 0 Å². The Labute approximate surface area is 112 Å². The molecule has 1 aromatic rings. The first-order chi connectivity index (χ1) is 8.54. The number of likely N-dealkylation sites (tertiary alicyclic amines) is 1. The summed E-state index contributed by atoms with van der Waals surface area (Å²) in [6.45, 7) is 5.99. The molecule has 0 spiro atoms. The van der Waals surface area contributed by atoms with Crippen LogP contribution in [0.3, 0.4) is 0 Å². The number of amides is 2. The fraction of sp³-hybridized carbons (Fsp3) is 0.667. The molecular formula is C12H20N4OS. The van der Waals surface area contributed by atoms with Gasteiger partial charge in [0.05, 0.1) is 5.69 Å². The van der Waals surface area contributed by atoms with Gasteiger partial charge in [0, 0.05) is 17.5 Å². The molecule has 1 atom stereocenters. The Morgan fingerprint density at radius 2 is 2.28 bits per heavy atom. The molecule has 0 bridgehead atoms. The topological polar surface area (TPSA) is 57.3 Å². The number of hydrogen-bond acceptors (Lipinski definition) is 4. The van der Waals surface area contributed by atoms with Crippen molar-refractivity contribution in [2.45, 2.75) is 32.7 Å². The molecule has 6 heteroatoms. The van der Waals surface area contributed by atoms with Crippen molar-refractivity contribution in [1.82, 2.24) is 15.2 Å². The third kappa shape index (κ3) is 3.43. The van der Waals surface area contributed by atoms with E-state index in [9.17, 15) is 4.79 Å². The fourth-order valence-electron chi connectivity index (χ4n) is 2.13. The second-order valence-corrected chi connectivity index (χ2v) is 6.06. The van der Waals surface area contributed by atoms with Gasteiger partial charge >= 0.3 is 6.03 Å². The monoisotopic (exact) mass is 268 g/mol. The van der Waals surface area contributed by atoms with E-state index in [0.29, 0.717) is 5.13 Å². The third-order valence-electron chi connectivity index (χ3n) is 3.21. The van der Waals surface area contributed by atoms with Crippen LogP contribution in [-0.4, -0.2) is 42.1 Å². The van der Waals surface area contributed by atoms with E-state index in [1.54, 1.807) is 0 Å². The number of aryl methyl sites for hydroxylation is 2. The van der Waals surface area contributed by atoms with E-state index in [1.807, 2.05) is 13.8 Å². The van der Waals surface area contributed by atoms with Gasteiger partial charge in [-0.25, -0.2) is 9.78 Å². The second-order valence-electron chi connectivity index (χ2n) is 4.86. The largest absolute Gasteiger partial charge is 0.334 e. The molecule has 0 aliphatic carbocycles. The highest BCUT2D eigenvalue weighted by Crippen LogP contribution is 2.20. The van der Waals surface area contributed by atoms with E-state index < -0.39 is 0 Å². The van der Waals surface area contributed by atoms with Crippen molar-refractivity contribution in [3.63, 3.8) is 0 Å². The van der Waals surface area contributed by atoms with Crippen LogP contribution in [-0.2, 0) is 0 Å². The Morgan fingerprint density at radius 1 is 1.50 bits per heavy atom. The molecule has 5 nitrogen and oxygen atoms in total. The maximum Gasteiger partial charge on any atom is 0.321 e. The van der Waals surface area contributed by atoms with Crippen LogP contribution in [0, 0.1) is 13.8 Å². The number of aromatic nitrogens is 1. The first kappa shape index (κ1) is 13.3. The summed E-state index contributed by atoms with van der Waals surface area (Å²) in [7, 11) is 2.08. The Morgan fingerprint density at radius 3 is 2.89 bits per heavy atom. The van der Waals surface area contributed by atoms with E-state index in [1.165, 1.54) is 11.3 Å². The Bertz CT molecular complexity index is 412. The zero-order valence-electron chi connectivity index (χ0n) is 11.1. The van der Waals surface area contributed by atoms with Gasteiger partial charge in [-0.2, -0.15) is 0 Å². The minimum atomic E-state index is -0.149. The molecular weight excluding hydrogens is 248 g/mol. The molecule has 2 heterocycles. The average molecular weight is 268 g/mol. The number of carbonyl (C=O) groups is 1. The summed E-state index contributed by atoms with van der Waals surface area (Å²) >= 11 is 1.51. The number of likely N-dealkylation sites (N-methyl/N-ethyl adjacent to an activating group) is 1. The molecule has 2 rings (SSSR count). The van der Waals surface area contributed by atoms with Gasteiger partial charge in [-0.1, -0.05) is 0 Å². The van der Waals surface area contributed by atoms with Gasteiger partial charge in [-0.05, 0) is 40.3 Å². The lowest BCUT2D eigenvalue weighted by Crippen LogP contribution is -2.47. The summed E-state index contributed by atoms with van der Waals surface area (Å²) in [5, 5.41) is 6.48. The maximum atomic E-state index is 11.8. The van der Waals surface area contributed by atoms with E-state index >= 15 is 0 Å². The summed E-state index contributed by atoms with van der Waals surface area (Å²) in [4.78, 5) is 19.5. The van der Waals surface area contributed by atoms with Gasteiger partial charge in [-0.15, -0.1) is 11.3 Å². The highest BCUT2D eigenvalue weighted by atomic mass is 32.1. The van der Waals surface area contributed by atoms with Crippen molar-refractivity contribution in [2.24, 2.45) is 0 Å². The lowest BCUT2D eigenvalue weighted by atomic mass is 10.1. The van der Waals surface area contributed by atoms with Crippen LogP contribution in [0.25, 0.3) is 0 Å². The molecule has 1 fully saturated rings. The normalized spacial score (nSPS) is 20.7. The summed E-state index contributed by atoms with van der Waals surface area (Å²) in [5.41, 5.74) is 0.979. The summed E-state index contributed by atoms with van der Waals surface area (Å²) in [6, 6.07) is 0.0926. The van der Waals surface area contributed by atoms with Gasteiger partial charge in [-0.3, -0.25) is 5.32 Å². The number of urea groups is 1. The summed E-state index contributed by atoms with van der Waals surface area (Å²) in [6.07, 6.45) is 2.19. The van der Waals surface area contributed by atoms with Crippen LogP contribution < -0.4 is 10.6 Å². The summed E-state index contributed by atoms with van der Waals surface area (Å²) < 4.78 is 0. The Hall–Kier alpha value is -1.14. The highest BCUT2D eigenvalue weighted by molar-refractivity contribution is 7.15. The van der Waals surface area contributed by atoms with Crippen LogP contribution in [0.5, 0.6) is 0 Å². The summed E-state index contributed by atoms with van der Waals surface area (Å²) in [5.74, 6) is 0. The van der Waals surface area contributed by atoms with Crippen molar-refractivity contribution in [3.8, 4) is 0 Å². The highest BCUT2D eigenvalue weighted by Gasteiger charge is 2.19. The van der Waals surface area contributed by atoms with E-state index in [2.05, 4.69) is 27.6 Å². The van der Waals surface area contributed by atoms with Gasteiger partial charge in [0.2, 0.25) is 0 Å². The number of anilines is 1. The van der Waals surface area contributed by atoms with E-state index in [0.717, 1.165) is 36.5 Å². The molecule has 0 aromatic carbocycles. The fourth-order valence-corrected chi connectivity index (χ4v) is 2.94. The van der Waals surface area contributed by atoms with Gasteiger partial charge in [0.15, 0.2) is 5.13 Å². The molecule has 2 N–H and O–H groups in total. The molecule has 1 saturated heterocycles. The average Bonchev–Trinajstić information content (AvgIpc) is 2.57. The SMILES string of the molecule is Cc1nc(NC(=O)N[C@@H]2CCCN(C)C2)sc1C. The van der Waals surface area contributed by atoms with Gasteiger partial charge < -0.3 is 10.2 Å². The number of thiazole rings is 1. The number of rotatable bonds is 2. The van der Waals surface area contributed by atoms with Gasteiger partial charge in [0.1, 0.15) is 0 Å². The van der Waals surface area contributed by atoms with Gasteiger partial charge in [0.25, 0.3) is 0 Å². The maximum absolute atomic E-state index is 11.8. The first-order valence-corrected chi connectivity index (χ1v) is 7.06. The standard InChI is InChI=1S/C12H20N4OS/c1-8-9(2)18-12(13-8)15-11(17)14-10-5-4-6-16(3)7-10/h10H,4-7H2,1-3H3,(H2,13,14,15,17)/t10-/m1/s1. The molecule has 2 amide bonds. The van der Waals surface area contributed by atoms with Crippen LogP contribution >= 0.6 is 11.3 Å².